The van der Waals surface area contributed by atoms with Gasteiger partial charge in [-0.05, 0) is 43.6 Å². The van der Waals surface area contributed by atoms with Crippen LogP contribution in [0.2, 0.25) is 0 Å². The lowest BCUT2D eigenvalue weighted by Gasteiger charge is -2.23. The molecule has 1 N–H and O–H groups in total. The molecular formula is C21H23N5O. The molecule has 0 bridgehead atoms. The second-order valence-corrected chi connectivity index (χ2v) is 6.78. The highest BCUT2D eigenvalue weighted by Gasteiger charge is 2.23. The molecule has 138 valence electrons. The van der Waals surface area contributed by atoms with Crippen molar-refractivity contribution in [3.8, 4) is 0 Å². The van der Waals surface area contributed by atoms with Gasteiger partial charge in [0.05, 0.1) is 18.8 Å². The minimum absolute atomic E-state index is 0.134. The molecule has 6 heteroatoms. The van der Waals surface area contributed by atoms with Gasteiger partial charge in [-0.25, -0.2) is 4.68 Å². The zero-order valence-electron chi connectivity index (χ0n) is 15.2. The van der Waals surface area contributed by atoms with Gasteiger partial charge >= 0.3 is 0 Å². The number of carbonyl (C=O) groups excluding carboxylic acids is 1. The van der Waals surface area contributed by atoms with Crippen LogP contribution in [-0.4, -0.2) is 34.0 Å². The average molecular weight is 361 g/mol. The first kappa shape index (κ1) is 17.4. The first-order valence-corrected chi connectivity index (χ1v) is 9.34. The molecule has 1 fully saturated rings. The maximum atomic E-state index is 13.2. The third-order valence-electron chi connectivity index (χ3n) is 4.91. The Morgan fingerprint density at radius 1 is 1.04 bits per heavy atom. The van der Waals surface area contributed by atoms with Gasteiger partial charge in [-0.15, -0.1) is 5.10 Å². The van der Waals surface area contributed by atoms with Crippen molar-refractivity contribution >= 4 is 11.6 Å². The molecule has 27 heavy (non-hydrogen) atoms. The van der Waals surface area contributed by atoms with Gasteiger partial charge < -0.3 is 10.2 Å². The molecule has 1 saturated heterocycles. The van der Waals surface area contributed by atoms with E-state index in [1.165, 1.54) is 0 Å². The Balaban J connectivity index is 1.59. The minimum Gasteiger partial charge on any atom is -0.317 e. The summed E-state index contributed by atoms with van der Waals surface area (Å²) >= 11 is 0. The van der Waals surface area contributed by atoms with E-state index in [-0.39, 0.29) is 5.91 Å². The van der Waals surface area contributed by atoms with Gasteiger partial charge in [-0.3, -0.25) is 4.79 Å². The van der Waals surface area contributed by atoms with Gasteiger partial charge in [0.25, 0.3) is 5.91 Å². The molecular weight excluding hydrogens is 338 g/mol. The van der Waals surface area contributed by atoms with Crippen molar-refractivity contribution in [2.24, 2.45) is 0 Å². The standard InChI is InChI=1S/C21H23N5O/c27-21(20-16-26(24-23-20)19-11-13-22-14-12-19)25(18-9-5-2-6-10-18)15-17-7-3-1-4-8-17/h1-10,16,19,22H,11-15H2. The first-order chi connectivity index (χ1) is 13.3. The fourth-order valence-corrected chi connectivity index (χ4v) is 3.42. The number of rotatable bonds is 5. The van der Waals surface area contributed by atoms with Gasteiger partial charge in [0.2, 0.25) is 0 Å². The summed E-state index contributed by atoms with van der Waals surface area (Å²) in [6, 6.07) is 20.0. The van der Waals surface area contributed by atoms with Crippen molar-refractivity contribution in [2.45, 2.75) is 25.4 Å². The lowest BCUT2D eigenvalue weighted by molar-refractivity contribution is 0.0980. The Morgan fingerprint density at radius 3 is 2.41 bits per heavy atom. The number of hydrogen-bond acceptors (Lipinski definition) is 4. The smallest absolute Gasteiger partial charge is 0.280 e. The number of carbonyl (C=O) groups is 1. The van der Waals surface area contributed by atoms with E-state index in [1.54, 1.807) is 11.1 Å². The van der Waals surface area contributed by atoms with Crippen LogP contribution in [-0.2, 0) is 6.54 Å². The van der Waals surface area contributed by atoms with E-state index in [1.807, 2.05) is 65.3 Å². The van der Waals surface area contributed by atoms with Crippen LogP contribution in [0.1, 0.15) is 34.9 Å². The highest BCUT2D eigenvalue weighted by Crippen LogP contribution is 2.21. The summed E-state index contributed by atoms with van der Waals surface area (Å²) in [4.78, 5) is 15.0. The van der Waals surface area contributed by atoms with Crippen LogP contribution >= 0.6 is 0 Å². The number of nitrogens with one attached hydrogen (secondary N) is 1. The molecule has 0 atom stereocenters. The maximum absolute atomic E-state index is 13.2. The average Bonchev–Trinajstić information content (AvgIpc) is 3.24. The van der Waals surface area contributed by atoms with Gasteiger partial charge in [-0.2, -0.15) is 0 Å². The number of nitrogens with zero attached hydrogens (tertiary/aromatic N) is 4. The monoisotopic (exact) mass is 361 g/mol. The lowest BCUT2D eigenvalue weighted by atomic mass is 10.1. The van der Waals surface area contributed by atoms with Crippen molar-refractivity contribution in [3.05, 3.63) is 78.1 Å². The van der Waals surface area contributed by atoms with E-state index in [9.17, 15) is 4.79 Å². The number of aromatic nitrogens is 3. The zero-order valence-corrected chi connectivity index (χ0v) is 15.2. The Morgan fingerprint density at radius 2 is 1.70 bits per heavy atom. The molecule has 1 amide bonds. The third-order valence-corrected chi connectivity index (χ3v) is 4.91. The van der Waals surface area contributed by atoms with E-state index < -0.39 is 0 Å². The van der Waals surface area contributed by atoms with Crippen LogP contribution in [0.5, 0.6) is 0 Å². The number of piperidine rings is 1. The van der Waals surface area contributed by atoms with Crippen molar-refractivity contribution in [1.29, 1.82) is 0 Å². The molecule has 1 aliphatic heterocycles. The molecule has 2 aromatic carbocycles. The molecule has 0 unspecified atom stereocenters. The van der Waals surface area contributed by atoms with Crippen LogP contribution in [0.3, 0.4) is 0 Å². The molecule has 6 nitrogen and oxygen atoms in total. The highest BCUT2D eigenvalue weighted by atomic mass is 16.2. The summed E-state index contributed by atoms with van der Waals surface area (Å²) in [7, 11) is 0. The van der Waals surface area contributed by atoms with Crippen LogP contribution in [0, 0.1) is 0 Å². The van der Waals surface area contributed by atoms with Crippen LogP contribution < -0.4 is 10.2 Å². The topological polar surface area (TPSA) is 63.1 Å². The van der Waals surface area contributed by atoms with E-state index >= 15 is 0 Å². The van der Waals surface area contributed by atoms with Crippen LogP contribution in [0.25, 0.3) is 0 Å². The minimum atomic E-state index is -0.134. The van der Waals surface area contributed by atoms with Crippen molar-refractivity contribution < 1.29 is 4.79 Å². The summed E-state index contributed by atoms with van der Waals surface area (Å²) in [6.45, 7) is 2.43. The summed E-state index contributed by atoms with van der Waals surface area (Å²) in [5.41, 5.74) is 2.30. The van der Waals surface area contributed by atoms with Gasteiger partial charge in [0, 0.05) is 5.69 Å². The highest BCUT2D eigenvalue weighted by molar-refractivity contribution is 6.04. The SMILES string of the molecule is O=C(c1cn(C2CCNCC2)nn1)N(Cc1ccccc1)c1ccccc1. The summed E-state index contributed by atoms with van der Waals surface area (Å²) < 4.78 is 1.85. The molecule has 0 spiro atoms. The Bertz CT molecular complexity index is 872. The first-order valence-electron chi connectivity index (χ1n) is 9.34. The molecule has 0 aliphatic carbocycles. The summed E-state index contributed by atoms with van der Waals surface area (Å²) in [6.07, 6.45) is 3.80. The van der Waals surface area contributed by atoms with Crippen molar-refractivity contribution in [2.75, 3.05) is 18.0 Å². The van der Waals surface area contributed by atoms with E-state index in [0.717, 1.165) is 37.2 Å². The van der Waals surface area contributed by atoms with Gasteiger partial charge in [0.1, 0.15) is 0 Å². The van der Waals surface area contributed by atoms with E-state index in [2.05, 4.69) is 15.6 Å². The fourth-order valence-electron chi connectivity index (χ4n) is 3.42. The Labute approximate surface area is 158 Å². The molecule has 4 rings (SSSR count). The Hall–Kier alpha value is -2.99. The molecule has 0 saturated carbocycles. The quantitative estimate of drug-likeness (QED) is 0.759. The second kappa shape index (κ2) is 8.14. The largest absolute Gasteiger partial charge is 0.317 e. The molecule has 3 aromatic rings. The van der Waals surface area contributed by atoms with Crippen LogP contribution in [0.4, 0.5) is 5.69 Å². The number of amides is 1. The second-order valence-electron chi connectivity index (χ2n) is 6.78. The molecule has 2 heterocycles. The zero-order chi connectivity index (χ0) is 18.5. The lowest BCUT2D eigenvalue weighted by Crippen LogP contribution is -2.31. The van der Waals surface area contributed by atoms with Crippen molar-refractivity contribution in [1.82, 2.24) is 20.3 Å². The van der Waals surface area contributed by atoms with Crippen molar-refractivity contribution in [3.63, 3.8) is 0 Å². The Kier molecular flexibility index (Phi) is 5.25. The summed E-state index contributed by atoms with van der Waals surface area (Å²) in [5, 5.41) is 11.8. The summed E-state index contributed by atoms with van der Waals surface area (Å²) in [5.74, 6) is -0.134. The maximum Gasteiger partial charge on any atom is 0.280 e. The van der Waals surface area contributed by atoms with E-state index in [4.69, 9.17) is 0 Å². The molecule has 1 aliphatic rings. The third kappa shape index (κ3) is 4.06. The normalized spacial score (nSPS) is 14.8. The predicted octanol–water partition coefficient (Wildman–Crippen LogP) is 3.05. The van der Waals surface area contributed by atoms with Crippen LogP contribution in [0.15, 0.2) is 66.9 Å². The molecule has 1 aromatic heterocycles. The van der Waals surface area contributed by atoms with Gasteiger partial charge in [0.15, 0.2) is 5.69 Å². The fraction of sp³-hybridized carbons (Fsp3) is 0.286. The number of anilines is 1. The number of hydrogen-bond donors (Lipinski definition) is 1. The van der Waals surface area contributed by atoms with Gasteiger partial charge in [-0.1, -0.05) is 53.7 Å². The predicted molar refractivity (Wildman–Crippen MR) is 105 cm³/mol. The molecule has 0 radical (unpaired) electrons. The number of para-hydroxylation sites is 1. The number of benzene rings is 2. The van der Waals surface area contributed by atoms with E-state index in [0.29, 0.717) is 18.3 Å².